The van der Waals surface area contributed by atoms with Crippen molar-refractivity contribution in [1.82, 2.24) is 0 Å². The molecule has 1 saturated carbocycles. The molecule has 0 aliphatic heterocycles. The SMILES string of the molecule is CC(=O)C1=C2CC[C@H](C(C)C)[C@@]2(C)CC1. The van der Waals surface area contributed by atoms with Gasteiger partial charge in [-0.3, -0.25) is 4.79 Å². The van der Waals surface area contributed by atoms with Crippen LogP contribution in [0.1, 0.15) is 53.4 Å². The lowest BCUT2D eigenvalue weighted by Gasteiger charge is -2.32. The fraction of sp³-hybridized carbons (Fsp3) is 0.786. The van der Waals surface area contributed by atoms with Crippen LogP contribution in [0.3, 0.4) is 0 Å². The molecule has 0 aromatic heterocycles. The summed E-state index contributed by atoms with van der Waals surface area (Å²) in [6.07, 6.45) is 4.71. The molecule has 2 aliphatic rings. The van der Waals surface area contributed by atoms with Gasteiger partial charge in [0, 0.05) is 0 Å². The van der Waals surface area contributed by atoms with E-state index in [1.54, 1.807) is 6.92 Å². The molecule has 0 saturated heterocycles. The van der Waals surface area contributed by atoms with Crippen LogP contribution in [0.4, 0.5) is 0 Å². The zero-order chi connectivity index (χ0) is 11.2. The Morgan fingerprint density at radius 2 is 2.07 bits per heavy atom. The van der Waals surface area contributed by atoms with Crippen LogP contribution in [0, 0.1) is 17.3 Å². The molecular weight excluding hydrogens is 184 g/mol. The summed E-state index contributed by atoms with van der Waals surface area (Å²) in [5.41, 5.74) is 3.03. The third-order valence-corrected chi connectivity index (χ3v) is 4.70. The topological polar surface area (TPSA) is 17.1 Å². The summed E-state index contributed by atoms with van der Waals surface area (Å²) in [4.78, 5) is 11.5. The summed E-state index contributed by atoms with van der Waals surface area (Å²) in [6.45, 7) is 8.77. The number of rotatable bonds is 2. The van der Waals surface area contributed by atoms with E-state index in [0.717, 1.165) is 18.3 Å². The van der Waals surface area contributed by atoms with Crippen LogP contribution in [0.15, 0.2) is 11.1 Å². The van der Waals surface area contributed by atoms with Gasteiger partial charge in [-0.25, -0.2) is 0 Å². The number of hydrogen-bond donors (Lipinski definition) is 0. The van der Waals surface area contributed by atoms with E-state index >= 15 is 0 Å². The van der Waals surface area contributed by atoms with Crippen molar-refractivity contribution in [2.45, 2.75) is 53.4 Å². The quantitative estimate of drug-likeness (QED) is 0.672. The predicted molar refractivity (Wildman–Crippen MR) is 62.6 cm³/mol. The molecule has 0 unspecified atom stereocenters. The highest BCUT2D eigenvalue weighted by Gasteiger charge is 2.48. The first kappa shape index (κ1) is 10.9. The van der Waals surface area contributed by atoms with Gasteiger partial charge in [0.2, 0.25) is 0 Å². The van der Waals surface area contributed by atoms with Gasteiger partial charge in [0.1, 0.15) is 0 Å². The summed E-state index contributed by atoms with van der Waals surface area (Å²) in [5.74, 6) is 1.86. The number of hydrogen-bond acceptors (Lipinski definition) is 1. The lowest BCUT2D eigenvalue weighted by Crippen LogP contribution is -2.25. The van der Waals surface area contributed by atoms with Crippen LogP contribution in [-0.2, 0) is 4.79 Å². The second-order valence-electron chi connectivity index (χ2n) is 5.82. The molecule has 84 valence electrons. The van der Waals surface area contributed by atoms with E-state index in [9.17, 15) is 4.79 Å². The van der Waals surface area contributed by atoms with Crippen LogP contribution in [0.2, 0.25) is 0 Å². The number of carbonyl (C=O) groups excluding carboxylic acids is 1. The van der Waals surface area contributed by atoms with E-state index in [2.05, 4.69) is 20.8 Å². The normalized spacial score (nSPS) is 35.1. The average molecular weight is 206 g/mol. The van der Waals surface area contributed by atoms with Gasteiger partial charge in [-0.2, -0.15) is 0 Å². The molecule has 0 aromatic rings. The molecule has 0 N–H and O–H groups in total. The van der Waals surface area contributed by atoms with Crippen molar-refractivity contribution in [1.29, 1.82) is 0 Å². The number of ketones is 1. The van der Waals surface area contributed by atoms with Gasteiger partial charge in [0.25, 0.3) is 0 Å². The first-order valence-corrected chi connectivity index (χ1v) is 6.20. The van der Waals surface area contributed by atoms with Crippen molar-refractivity contribution in [3.8, 4) is 0 Å². The molecule has 2 rings (SSSR count). The minimum Gasteiger partial charge on any atom is -0.295 e. The molecule has 1 nitrogen and oxygen atoms in total. The second-order valence-corrected chi connectivity index (χ2v) is 5.82. The highest BCUT2D eigenvalue weighted by molar-refractivity contribution is 5.95. The Labute approximate surface area is 92.9 Å². The van der Waals surface area contributed by atoms with Gasteiger partial charge in [-0.1, -0.05) is 26.3 Å². The molecule has 0 heterocycles. The third kappa shape index (κ3) is 1.47. The molecule has 0 amide bonds. The fourth-order valence-corrected chi connectivity index (χ4v) is 3.95. The smallest absolute Gasteiger partial charge is 0.155 e. The van der Waals surface area contributed by atoms with Crippen LogP contribution in [-0.4, -0.2) is 5.78 Å². The standard InChI is InChI=1S/C14H22O/c1-9(2)12-5-6-13-11(10(3)15)7-8-14(12,13)4/h9,12H,5-8H2,1-4H3/t12-,14-/m1/s1. The molecule has 2 aliphatic carbocycles. The third-order valence-electron chi connectivity index (χ3n) is 4.70. The number of carbonyl (C=O) groups is 1. The van der Waals surface area contributed by atoms with Crippen molar-refractivity contribution in [2.24, 2.45) is 17.3 Å². The van der Waals surface area contributed by atoms with Gasteiger partial charge in [0.05, 0.1) is 0 Å². The van der Waals surface area contributed by atoms with Crippen LogP contribution in [0.5, 0.6) is 0 Å². The Morgan fingerprint density at radius 3 is 2.60 bits per heavy atom. The molecular formula is C14H22O. The van der Waals surface area contributed by atoms with E-state index < -0.39 is 0 Å². The Bertz CT molecular complexity index is 324. The monoisotopic (exact) mass is 206 g/mol. The van der Waals surface area contributed by atoms with Gasteiger partial charge >= 0.3 is 0 Å². The summed E-state index contributed by atoms with van der Waals surface area (Å²) in [6, 6.07) is 0. The number of fused-ring (bicyclic) bond motifs is 1. The zero-order valence-corrected chi connectivity index (χ0v) is 10.4. The van der Waals surface area contributed by atoms with Crippen molar-refractivity contribution < 1.29 is 4.79 Å². The van der Waals surface area contributed by atoms with Gasteiger partial charge in [-0.05, 0) is 55.4 Å². The maximum Gasteiger partial charge on any atom is 0.155 e. The molecule has 1 heteroatoms. The molecule has 0 spiro atoms. The lowest BCUT2D eigenvalue weighted by molar-refractivity contribution is -0.113. The van der Waals surface area contributed by atoms with Gasteiger partial charge < -0.3 is 0 Å². The lowest BCUT2D eigenvalue weighted by atomic mass is 9.72. The maximum absolute atomic E-state index is 11.5. The Morgan fingerprint density at radius 1 is 1.40 bits per heavy atom. The van der Waals surface area contributed by atoms with E-state index in [1.165, 1.54) is 30.4 Å². The average Bonchev–Trinajstić information content (AvgIpc) is 2.57. The Balaban J connectivity index is 2.37. The summed E-state index contributed by atoms with van der Waals surface area (Å²) < 4.78 is 0. The summed E-state index contributed by atoms with van der Waals surface area (Å²) >= 11 is 0. The highest BCUT2D eigenvalue weighted by Crippen LogP contribution is 2.58. The maximum atomic E-state index is 11.5. The zero-order valence-electron chi connectivity index (χ0n) is 10.4. The van der Waals surface area contributed by atoms with Gasteiger partial charge in [0.15, 0.2) is 5.78 Å². The molecule has 0 radical (unpaired) electrons. The fourth-order valence-electron chi connectivity index (χ4n) is 3.95. The van der Waals surface area contributed by atoms with Crippen molar-refractivity contribution in [3.63, 3.8) is 0 Å². The van der Waals surface area contributed by atoms with Crippen molar-refractivity contribution in [3.05, 3.63) is 11.1 Å². The van der Waals surface area contributed by atoms with E-state index in [0.29, 0.717) is 11.2 Å². The van der Waals surface area contributed by atoms with E-state index in [-0.39, 0.29) is 0 Å². The second kappa shape index (κ2) is 3.47. The van der Waals surface area contributed by atoms with Crippen LogP contribution in [0.25, 0.3) is 0 Å². The molecule has 1 fully saturated rings. The van der Waals surface area contributed by atoms with E-state index in [1.807, 2.05) is 0 Å². The van der Waals surface area contributed by atoms with E-state index in [4.69, 9.17) is 0 Å². The largest absolute Gasteiger partial charge is 0.295 e. The number of allylic oxidation sites excluding steroid dienone is 2. The minimum atomic E-state index is 0.318. The summed E-state index contributed by atoms with van der Waals surface area (Å²) in [5, 5.41) is 0. The summed E-state index contributed by atoms with van der Waals surface area (Å²) in [7, 11) is 0. The van der Waals surface area contributed by atoms with Crippen LogP contribution >= 0.6 is 0 Å². The minimum absolute atomic E-state index is 0.318. The first-order chi connectivity index (χ1) is 6.97. The number of Topliss-reactive ketones (excluding diaryl/α,β-unsaturated/α-hetero) is 1. The molecule has 2 atom stereocenters. The van der Waals surface area contributed by atoms with Crippen molar-refractivity contribution in [2.75, 3.05) is 0 Å². The van der Waals surface area contributed by atoms with Crippen LogP contribution < -0.4 is 0 Å². The molecule has 0 bridgehead atoms. The molecule has 0 aromatic carbocycles. The first-order valence-electron chi connectivity index (χ1n) is 6.20. The Kier molecular flexibility index (Phi) is 2.52. The van der Waals surface area contributed by atoms with Gasteiger partial charge in [-0.15, -0.1) is 0 Å². The Hall–Kier alpha value is -0.590. The molecule has 15 heavy (non-hydrogen) atoms. The van der Waals surface area contributed by atoms with Crippen molar-refractivity contribution >= 4 is 5.78 Å². The predicted octanol–water partition coefficient (Wildman–Crippen LogP) is 3.74. The highest BCUT2D eigenvalue weighted by atomic mass is 16.1.